The molecular weight excluding hydrogens is 326 g/mol. The first-order valence-corrected chi connectivity index (χ1v) is 7.68. The van der Waals surface area contributed by atoms with Crippen molar-refractivity contribution in [2.24, 2.45) is 0 Å². The highest BCUT2D eigenvalue weighted by Gasteiger charge is 2.12. The van der Waals surface area contributed by atoms with Gasteiger partial charge in [-0.2, -0.15) is 0 Å². The van der Waals surface area contributed by atoms with Crippen molar-refractivity contribution in [3.05, 3.63) is 76.1 Å². The monoisotopic (exact) mass is 337 g/mol. The number of H-pyrrole nitrogens is 1. The zero-order valence-corrected chi connectivity index (χ0v) is 13.2. The molecule has 0 fully saturated rings. The van der Waals surface area contributed by atoms with Crippen LogP contribution in [-0.4, -0.2) is 24.5 Å². The van der Waals surface area contributed by atoms with Crippen LogP contribution in [0.2, 0.25) is 5.02 Å². The van der Waals surface area contributed by atoms with Crippen molar-refractivity contribution in [3.8, 4) is 11.4 Å². The Labute approximate surface area is 141 Å². The van der Waals surface area contributed by atoms with E-state index >= 15 is 0 Å². The second kappa shape index (κ2) is 5.90. The number of hydrogen-bond acceptors (Lipinski definition) is 4. The van der Waals surface area contributed by atoms with Gasteiger partial charge in [-0.15, -0.1) is 0 Å². The van der Waals surface area contributed by atoms with Gasteiger partial charge in [0.1, 0.15) is 5.82 Å². The molecule has 0 atom stereocenters. The number of rotatable bonds is 3. The van der Waals surface area contributed by atoms with Crippen molar-refractivity contribution in [1.82, 2.24) is 24.5 Å². The number of nitrogens with one attached hydrogen (secondary N) is 1. The maximum Gasteiger partial charge on any atom is 0.277 e. The summed E-state index contributed by atoms with van der Waals surface area (Å²) >= 11 is 6.01. The predicted molar refractivity (Wildman–Crippen MR) is 91.9 cm³/mol. The molecule has 4 aromatic rings. The van der Waals surface area contributed by atoms with Crippen LogP contribution in [0.4, 0.5) is 0 Å². The van der Waals surface area contributed by atoms with E-state index in [0.717, 1.165) is 11.1 Å². The maximum atomic E-state index is 12.5. The van der Waals surface area contributed by atoms with E-state index < -0.39 is 0 Å². The molecule has 1 N–H and O–H groups in total. The van der Waals surface area contributed by atoms with Gasteiger partial charge >= 0.3 is 0 Å². The normalized spacial score (nSPS) is 11.0. The number of pyridine rings is 1. The number of fused-ring (bicyclic) bond motifs is 1. The molecule has 0 aliphatic rings. The number of imidazole rings is 1. The van der Waals surface area contributed by atoms with Gasteiger partial charge in [-0.1, -0.05) is 23.7 Å². The van der Waals surface area contributed by atoms with Crippen LogP contribution < -0.4 is 5.56 Å². The molecule has 0 radical (unpaired) electrons. The quantitative estimate of drug-likeness (QED) is 0.623. The summed E-state index contributed by atoms with van der Waals surface area (Å²) < 4.78 is 1.76. The Bertz CT molecular complexity index is 1070. The van der Waals surface area contributed by atoms with Gasteiger partial charge in [0, 0.05) is 29.5 Å². The van der Waals surface area contributed by atoms with Crippen LogP contribution in [0, 0.1) is 0 Å². The van der Waals surface area contributed by atoms with Crippen molar-refractivity contribution in [2.45, 2.75) is 6.54 Å². The smallest absolute Gasteiger partial charge is 0.277 e. The molecule has 0 saturated heterocycles. The molecule has 0 saturated carbocycles. The number of aromatic nitrogens is 5. The molecule has 4 rings (SSSR count). The molecular formula is C17H12ClN5O. The molecule has 6 nitrogen and oxygen atoms in total. The maximum absolute atomic E-state index is 12.5. The molecule has 0 aliphatic heterocycles. The summed E-state index contributed by atoms with van der Waals surface area (Å²) in [5, 5.41) is 0.655. The van der Waals surface area contributed by atoms with Crippen molar-refractivity contribution in [3.63, 3.8) is 0 Å². The topological polar surface area (TPSA) is 76.5 Å². The summed E-state index contributed by atoms with van der Waals surface area (Å²) in [6.07, 6.45) is 4.92. The van der Waals surface area contributed by atoms with Crippen molar-refractivity contribution in [2.75, 3.05) is 0 Å². The Morgan fingerprint density at radius 3 is 2.92 bits per heavy atom. The second-order valence-electron chi connectivity index (χ2n) is 5.33. The van der Waals surface area contributed by atoms with E-state index in [-0.39, 0.29) is 5.56 Å². The Kier molecular flexibility index (Phi) is 3.59. The molecule has 0 aliphatic carbocycles. The van der Waals surface area contributed by atoms with E-state index in [9.17, 15) is 4.79 Å². The lowest BCUT2D eigenvalue weighted by Gasteiger charge is -2.05. The van der Waals surface area contributed by atoms with Gasteiger partial charge in [-0.25, -0.2) is 9.97 Å². The zero-order valence-electron chi connectivity index (χ0n) is 12.5. The molecule has 7 heteroatoms. The molecule has 0 spiro atoms. The second-order valence-corrected chi connectivity index (χ2v) is 5.77. The number of nitrogens with zero attached hydrogens (tertiary/aromatic N) is 4. The first-order chi connectivity index (χ1) is 11.7. The van der Waals surface area contributed by atoms with E-state index in [2.05, 4.69) is 19.9 Å². The van der Waals surface area contributed by atoms with Crippen LogP contribution in [0.25, 0.3) is 22.6 Å². The molecule has 0 bridgehead atoms. The molecule has 0 unspecified atom stereocenters. The zero-order chi connectivity index (χ0) is 16.5. The third-order valence-corrected chi connectivity index (χ3v) is 3.90. The van der Waals surface area contributed by atoms with Gasteiger partial charge in [-0.05, 0) is 29.8 Å². The minimum Gasteiger partial charge on any atom is -0.320 e. The van der Waals surface area contributed by atoms with Gasteiger partial charge in [-0.3, -0.25) is 9.78 Å². The fourth-order valence-electron chi connectivity index (χ4n) is 2.58. The summed E-state index contributed by atoms with van der Waals surface area (Å²) in [6, 6.07) is 11.1. The third kappa shape index (κ3) is 2.68. The number of hydrogen-bond donors (Lipinski definition) is 1. The molecule has 24 heavy (non-hydrogen) atoms. The molecule has 3 aromatic heterocycles. The molecule has 0 amide bonds. The van der Waals surface area contributed by atoms with E-state index in [1.54, 1.807) is 29.4 Å². The Balaban J connectivity index is 1.79. The van der Waals surface area contributed by atoms with Crippen molar-refractivity contribution >= 4 is 22.8 Å². The van der Waals surface area contributed by atoms with Gasteiger partial charge in [0.25, 0.3) is 5.56 Å². The van der Waals surface area contributed by atoms with Crippen LogP contribution in [-0.2, 0) is 6.54 Å². The largest absolute Gasteiger partial charge is 0.320 e. The van der Waals surface area contributed by atoms with Crippen LogP contribution in [0.5, 0.6) is 0 Å². The lowest BCUT2D eigenvalue weighted by molar-refractivity contribution is 0.820. The van der Waals surface area contributed by atoms with Crippen molar-refractivity contribution in [1.29, 1.82) is 0 Å². The molecule has 3 heterocycles. The molecule has 1 aromatic carbocycles. The number of aromatic amines is 1. The first-order valence-electron chi connectivity index (χ1n) is 7.31. The third-order valence-electron chi connectivity index (χ3n) is 3.66. The Morgan fingerprint density at radius 1 is 1.21 bits per heavy atom. The van der Waals surface area contributed by atoms with E-state index in [1.807, 2.05) is 30.3 Å². The average molecular weight is 338 g/mol. The van der Waals surface area contributed by atoms with Gasteiger partial charge in [0.2, 0.25) is 0 Å². The number of halogens is 1. The van der Waals surface area contributed by atoms with E-state index in [4.69, 9.17) is 11.6 Å². The lowest BCUT2D eigenvalue weighted by Crippen LogP contribution is -2.13. The van der Waals surface area contributed by atoms with Crippen LogP contribution in [0.1, 0.15) is 5.56 Å². The first kappa shape index (κ1) is 14.6. The summed E-state index contributed by atoms with van der Waals surface area (Å²) in [4.78, 5) is 28.0. The number of benzene rings is 1. The van der Waals surface area contributed by atoms with Crippen LogP contribution in [0.15, 0.2) is 59.9 Å². The minimum absolute atomic E-state index is 0.238. The summed E-state index contributed by atoms with van der Waals surface area (Å²) in [7, 11) is 0. The lowest BCUT2D eigenvalue weighted by atomic mass is 10.2. The van der Waals surface area contributed by atoms with Crippen LogP contribution in [0.3, 0.4) is 0 Å². The van der Waals surface area contributed by atoms with Gasteiger partial charge in [0.15, 0.2) is 11.2 Å². The highest BCUT2D eigenvalue weighted by Crippen LogP contribution is 2.16. The Hall–Kier alpha value is -2.99. The average Bonchev–Trinajstić information content (AvgIpc) is 2.99. The van der Waals surface area contributed by atoms with Crippen LogP contribution >= 0.6 is 11.6 Å². The highest BCUT2D eigenvalue weighted by molar-refractivity contribution is 6.30. The predicted octanol–water partition coefficient (Wildman–Crippen LogP) is 2.88. The fraction of sp³-hybridized carbons (Fsp3) is 0.0588. The summed E-state index contributed by atoms with van der Waals surface area (Å²) in [6.45, 7) is 0.494. The standard InChI is InChI=1S/C17H12ClN5O/c18-13-5-1-3-11(7-13)9-23-10-20-16-14(23)17(24)22-15(21-16)12-4-2-6-19-8-12/h1-8,10H,9H2,(H,21,22,24). The van der Waals surface area contributed by atoms with E-state index in [1.165, 1.54) is 0 Å². The van der Waals surface area contributed by atoms with Gasteiger partial charge in [0.05, 0.1) is 6.33 Å². The highest BCUT2D eigenvalue weighted by atomic mass is 35.5. The van der Waals surface area contributed by atoms with Gasteiger partial charge < -0.3 is 9.55 Å². The van der Waals surface area contributed by atoms with Crippen molar-refractivity contribution < 1.29 is 0 Å². The summed E-state index contributed by atoms with van der Waals surface area (Å²) in [5.41, 5.74) is 2.32. The molecule has 118 valence electrons. The summed E-state index contributed by atoms with van der Waals surface area (Å²) in [5.74, 6) is 0.452. The van der Waals surface area contributed by atoms with E-state index in [0.29, 0.717) is 28.6 Å². The SMILES string of the molecule is O=c1[nH]c(-c2cccnc2)nc2ncn(Cc3cccc(Cl)c3)c12. The fourth-order valence-corrected chi connectivity index (χ4v) is 2.79. The minimum atomic E-state index is -0.238. The Morgan fingerprint density at radius 2 is 2.12 bits per heavy atom.